The van der Waals surface area contributed by atoms with E-state index in [1.165, 1.54) is 0 Å². The molecule has 94 valence electrons. The van der Waals surface area contributed by atoms with Gasteiger partial charge in [0.1, 0.15) is 0 Å². The predicted octanol–water partition coefficient (Wildman–Crippen LogP) is 5.35. The Balaban J connectivity index is 1.91. The van der Waals surface area contributed by atoms with E-state index in [0.29, 0.717) is 10.0 Å². The Morgan fingerprint density at radius 3 is 2.68 bits per heavy atom. The third-order valence-electron chi connectivity index (χ3n) is 2.55. The molecule has 0 fully saturated rings. The molecule has 1 aromatic heterocycles. The van der Waals surface area contributed by atoms with Crippen molar-refractivity contribution < 1.29 is 0 Å². The van der Waals surface area contributed by atoms with Crippen LogP contribution in [0.4, 0.5) is 5.13 Å². The molecule has 0 saturated heterocycles. The van der Waals surface area contributed by atoms with E-state index in [4.69, 9.17) is 23.2 Å². The van der Waals surface area contributed by atoms with Crippen LogP contribution in [0.15, 0.2) is 47.5 Å². The second-order valence-corrected chi connectivity index (χ2v) is 5.72. The minimum absolute atomic E-state index is 0.523. The Morgan fingerprint density at radius 1 is 1.05 bits per heavy atom. The summed E-state index contributed by atoms with van der Waals surface area (Å²) in [4.78, 5) is 8.79. The van der Waals surface area contributed by atoms with Gasteiger partial charge in [0, 0.05) is 6.21 Å². The molecule has 0 unspecified atom stereocenters. The SMILES string of the molecule is Clc1ccc(C=Nc2nc3ccccc3s2)cc1Cl. The van der Waals surface area contributed by atoms with E-state index in [1.807, 2.05) is 30.3 Å². The van der Waals surface area contributed by atoms with Crippen molar-refractivity contribution in [1.82, 2.24) is 4.98 Å². The van der Waals surface area contributed by atoms with Crippen LogP contribution in [-0.2, 0) is 0 Å². The van der Waals surface area contributed by atoms with Crippen LogP contribution in [0, 0.1) is 0 Å². The average Bonchev–Trinajstić information content (AvgIpc) is 2.83. The second kappa shape index (κ2) is 5.29. The maximum atomic E-state index is 5.95. The van der Waals surface area contributed by atoms with Crippen LogP contribution in [0.3, 0.4) is 0 Å². The van der Waals surface area contributed by atoms with Gasteiger partial charge < -0.3 is 0 Å². The molecule has 0 bridgehead atoms. The molecule has 0 N–H and O–H groups in total. The van der Waals surface area contributed by atoms with Crippen LogP contribution in [-0.4, -0.2) is 11.2 Å². The minimum atomic E-state index is 0.523. The highest BCUT2D eigenvalue weighted by Crippen LogP contribution is 2.28. The smallest absolute Gasteiger partial charge is 0.210 e. The Morgan fingerprint density at radius 2 is 1.89 bits per heavy atom. The van der Waals surface area contributed by atoms with E-state index in [1.54, 1.807) is 29.7 Å². The van der Waals surface area contributed by atoms with Crippen molar-refractivity contribution in [3.05, 3.63) is 58.1 Å². The van der Waals surface area contributed by atoms with Gasteiger partial charge in [-0.05, 0) is 29.8 Å². The first-order valence-corrected chi connectivity index (χ1v) is 7.14. The fourth-order valence-corrected chi connectivity index (χ4v) is 2.76. The summed E-state index contributed by atoms with van der Waals surface area (Å²) in [5.41, 5.74) is 1.86. The standard InChI is InChI=1S/C14H8Cl2N2S/c15-10-6-5-9(7-11(10)16)8-17-14-18-12-3-1-2-4-13(12)19-14/h1-8H. The Kier molecular flexibility index (Phi) is 3.51. The zero-order chi connectivity index (χ0) is 13.2. The van der Waals surface area contributed by atoms with Gasteiger partial charge in [0.2, 0.25) is 5.13 Å². The lowest BCUT2D eigenvalue weighted by Gasteiger charge is -1.96. The maximum Gasteiger partial charge on any atom is 0.210 e. The van der Waals surface area contributed by atoms with Crippen LogP contribution in [0.5, 0.6) is 0 Å². The lowest BCUT2D eigenvalue weighted by atomic mass is 10.2. The van der Waals surface area contributed by atoms with Crippen LogP contribution in [0.25, 0.3) is 10.2 Å². The first-order chi connectivity index (χ1) is 9.22. The number of fused-ring (bicyclic) bond motifs is 1. The molecule has 3 aromatic rings. The zero-order valence-electron chi connectivity index (χ0n) is 9.68. The van der Waals surface area contributed by atoms with Gasteiger partial charge in [0.25, 0.3) is 0 Å². The largest absolute Gasteiger partial charge is 0.227 e. The van der Waals surface area contributed by atoms with Crippen LogP contribution < -0.4 is 0 Å². The third-order valence-corrected chi connectivity index (χ3v) is 4.23. The molecule has 1 heterocycles. The van der Waals surface area contributed by atoms with Crippen molar-refractivity contribution in [2.45, 2.75) is 0 Å². The normalized spacial score (nSPS) is 11.5. The third kappa shape index (κ3) is 2.78. The summed E-state index contributed by atoms with van der Waals surface area (Å²) in [6.45, 7) is 0. The summed E-state index contributed by atoms with van der Waals surface area (Å²) in [6.07, 6.45) is 1.74. The van der Waals surface area contributed by atoms with Gasteiger partial charge in [-0.15, -0.1) is 0 Å². The van der Waals surface area contributed by atoms with Crippen LogP contribution in [0.2, 0.25) is 10.0 Å². The van der Waals surface area contributed by atoms with Gasteiger partial charge in [0.15, 0.2) is 0 Å². The van der Waals surface area contributed by atoms with Crippen molar-refractivity contribution >= 4 is 56.1 Å². The Bertz CT molecular complexity index is 732. The minimum Gasteiger partial charge on any atom is -0.227 e. The van der Waals surface area contributed by atoms with Gasteiger partial charge in [-0.25, -0.2) is 9.98 Å². The number of benzene rings is 2. The average molecular weight is 307 g/mol. The van der Waals surface area contributed by atoms with E-state index < -0.39 is 0 Å². The van der Waals surface area contributed by atoms with Crippen molar-refractivity contribution in [1.29, 1.82) is 0 Å². The first kappa shape index (κ1) is 12.6. The fourth-order valence-electron chi connectivity index (χ4n) is 1.64. The van der Waals surface area contributed by atoms with Crippen molar-refractivity contribution in [3.8, 4) is 0 Å². The number of halogens is 2. The molecule has 0 amide bonds. The first-order valence-electron chi connectivity index (χ1n) is 5.57. The number of para-hydroxylation sites is 1. The lowest BCUT2D eigenvalue weighted by Crippen LogP contribution is -1.80. The summed E-state index contributed by atoms with van der Waals surface area (Å²) in [5.74, 6) is 0. The lowest BCUT2D eigenvalue weighted by molar-refractivity contribution is 1.41. The molecule has 2 nitrogen and oxygen atoms in total. The quantitative estimate of drug-likeness (QED) is 0.586. The van der Waals surface area contributed by atoms with Crippen molar-refractivity contribution in [3.63, 3.8) is 0 Å². The number of nitrogens with zero attached hydrogens (tertiary/aromatic N) is 2. The molecule has 3 rings (SSSR count). The number of aromatic nitrogens is 1. The number of rotatable bonds is 2. The number of thiazole rings is 1. The topological polar surface area (TPSA) is 25.2 Å². The molecule has 5 heteroatoms. The molecule has 0 saturated carbocycles. The van der Waals surface area contributed by atoms with Crippen molar-refractivity contribution in [2.75, 3.05) is 0 Å². The highest BCUT2D eigenvalue weighted by Gasteiger charge is 2.01. The monoisotopic (exact) mass is 306 g/mol. The van der Waals surface area contributed by atoms with Gasteiger partial charge in [0.05, 0.1) is 20.3 Å². The number of aliphatic imine (C=N–C) groups is 1. The van der Waals surface area contributed by atoms with Crippen molar-refractivity contribution in [2.24, 2.45) is 4.99 Å². The maximum absolute atomic E-state index is 5.95. The summed E-state index contributed by atoms with van der Waals surface area (Å²) >= 11 is 13.4. The summed E-state index contributed by atoms with van der Waals surface area (Å²) < 4.78 is 1.13. The molecule has 0 radical (unpaired) electrons. The van der Waals surface area contributed by atoms with E-state index in [2.05, 4.69) is 9.98 Å². The van der Waals surface area contributed by atoms with Gasteiger partial charge >= 0.3 is 0 Å². The van der Waals surface area contributed by atoms with Gasteiger partial charge in [-0.2, -0.15) is 0 Å². The highest BCUT2D eigenvalue weighted by atomic mass is 35.5. The number of hydrogen-bond donors (Lipinski definition) is 0. The second-order valence-electron chi connectivity index (χ2n) is 3.90. The van der Waals surface area contributed by atoms with E-state index in [0.717, 1.165) is 20.9 Å². The van der Waals surface area contributed by atoms with Gasteiger partial charge in [-0.1, -0.05) is 52.7 Å². The molecule has 0 aliphatic heterocycles. The Hall–Kier alpha value is -1.42. The summed E-state index contributed by atoms with van der Waals surface area (Å²) in [5, 5.41) is 1.79. The molecule has 0 aliphatic carbocycles. The molecule has 2 aromatic carbocycles. The van der Waals surface area contributed by atoms with E-state index in [9.17, 15) is 0 Å². The summed E-state index contributed by atoms with van der Waals surface area (Å²) in [7, 11) is 0. The van der Waals surface area contributed by atoms with Crippen LogP contribution >= 0.6 is 34.5 Å². The van der Waals surface area contributed by atoms with Gasteiger partial charge in [-0.3, -0.25) is 0 Å². The zero-order valence-corrected chi connectivity index (χ0v) is 12.0. The van der Waals surface area contributed by atoms with E-state index in [-0.39, 0.29) is 0 Å². The molecule has 0 atom stereocenters. The molecule has 0 aliphatic rings. The molecule has 19 heavy (non-hydrogen) atoms. The summed E-state index contributed by atoms with van der Waals surface area (Å²) in [6, 6.07) is 13.4. The fraction of sp³-hybridized carbons (Fsp3) is 0. The predicted molar refractivity (Wildman–Crippen MR) is 83.3 cm³/mol. The van der Waals surface area contributed by atoms with E-state index >= 15 is 0 Å². The van der Waals surface area contributed by atoms with Crippen LogP contribution in [0.1, 0.15) is 5.56 Å². The Labute approximate surface area is 124 Å². The molecular weight excluding hydrogens is 299 g/mol. The highest BCUT2D eigenvalue weighted by molar-refractivity contribution is 7.22. The molecule has 0 spiro atoms. The molecular formula is C14H8Cl2N2S. The number of hydrogen-bond acceptors (Lipinski definition) is 3.